The van der Waals surface area contributed by atoms with Gasteiger partial charge in [0.1, 0.15) is 11.5 Å². The van der Waals surface area contributed by atoms with E-state index in [0.29, 0.717) is 11.6 Å². The molecule has 140 valence electrons. The molecular weight excluding hydrogens is 352 g/mol. The molecule has 0 aliphatic carbocycles. The number of hydrogen-bond donors (Lipinski definition) is 1. The number of aromatic amines is 1. The van der Waals surface area contributed by atoms with E-state index in [1.165, 1.54) is 0 Å². The first-order valence-corrected chi connectivity index (χ1v) is 8.77. The SMILES string of the molecule is O=c1cc(C(F)F)nc(-c2cccc(CN3CCC(n4ccnc4)C3)c2)[nH]1. The fraction of sp³-hybridized carbons (Fsp3) is 0.316. The van der Waals surface area contributed by atoms with Crippen molar-refractivity contribution in [3.05, 3.63) is 70.7 Å². The summed E-state index contributed by atoms with van der Waals surface area (Å²) in [6.07, 6.45) is 3.88. The van der Waals surface area contributed by atoms with E-state index in [-0.39, 0.29) is 5.82 Å². The Morgan fingerprint density at radius 2 is 2.19 bits per heavy atom. The number of likely N-dealkylation sites (tertiary alicyclic amines) is 1. The third kappa shape index (κ3) is 3.95. The maximum absolute atomic E-state index is 12.9. The van der Waals surface area contributed by atoms with E-state index in [2.05, 4.69) is 24.4 Å². The number of benzene rings is 1. The highest BCUT2D eigenvalue weighted by Crippen LogP contribution is 2.24. The highest BCUT2D eigenvalue weighted by atomic mass is 19.3. The first-order chi connectivity index (χ1) is 13.1. The predicted octanol–water partition coefficient (Wildman–Crippen LogP) is 3.02. The minimum Gasteiger partial charge on any atom is -0.333 e. The van der Waals surface area contributed by atoms with Crippen LogP contribution in [0.25, 0.3) is 11.4 Å². The van der Waals surface area contributed by atoms with Crippen LogP contribution in [-0.2, 0) is 6.54 Å². The van der Waals surface area contributed by atoms with Crippen LogP contribution in [0.3, 0.4) is 0 Å². The van der Waals surface area contributed by atoms with Crippen LogP contribution in [0, 0.1) is 0 Å². The Bertz CT molecular complexity index is 970. The maximum atomic E-state index is 12.9. The van der Waals surface area contributed by atoms with Gasteiger partial charge < -0.3 is 9.55 Å². The van der Waals surface area contributed by atoms with Crippen LogP contribution in [-0.4, -0.2) is 37.5 Å². The first kappa shape index (κ1) is 17.5. The number of hydrogen-bond acceptors (Lipinski definition) is 4. The average molecular weight is 371 g/mol. The van der Waals surface area contributed by atoms with Gasteiger partial charge in [0.15, 0.2) is 0 Å². The minimum atomic E-state index is -2.78. The van der Waals surface area contributed by atoms with Gasteiger partial charge in [-0.05, 0) is 18.1 Å². The number of imidazole rings is 1. The summed E-state index contributed by atoms with van der Waals surface area (Å²) in [5, 5.41) is 0. The smallest absolute Gasteiger partial charge is 0.280 e. The Kier molecular flexibility index (Phi) is 4.81. The summed E-state index contributed by atoms with van der Waals surface area (Å²) >= 11 is 0. The number of nitrogens with one attached hydrogen (secondary N) is 1. The zero-order chi connectivity index (χ0) is 18.8. The molecule has 1 N–H and O–H groups in total. The van der Waals surface area contributed by atoms with Crippen LogP contribution in [0.15, 0.2) is 53.8 Å². The molecule has 1 unspecified atom stereocenters. The second-order valence-electron chi connectivity index (χ2n) is 6.71. The Balaban J connectivity index is 1.51. The van der Waals surface area contributed by atoms with E-state index in [0.717, 1.165) is 37.7 Å². The first-order valence-electron chi connectivity index (χ1n) is 8.77. The molecule has 0 bridgehead atoms. The molecule has 6 nitrogen and oxygen atoms in total. The maximum Gasteiger partial charge on any atom is 0.280 e. The lowest BCUT2D eigenvalue weighted by atomic mass is 10.1. The summed E-state index contributed by atoms with van der Waals surface area (Å²) in [6, 6.07) is 8.73. The fourth-order valence-electron chi connectivity index (χ4n) is 3.48. The normalized spacial score (nSPS) is 17.7. The monoisotopic (exact) mass is 371 g/mol. The molecule has 1 aliphatic heterocycles. The van der Waals surface area contributed by atoms with E-state index in [1.807, 2.05) is 30.7 Å². The van der Waals surface area contributed by atoms with Crippen LogP contribution in [0.5, 0.6) is 0 Å². The molecule has 8 heteroatoms. The molecule has 3 aromatic rings. The highest BCUT2D eigenvalue weighted by Gasteiger charge is 2.23. The summed E-state index contributed by atoms with van der Waals surface area (Å²) in [7, 11) is 0. The van der Waals surface area contributed by atoms with Crippen LogP contribution in [0.4, 0.5) is 8.78 Å². The van der Waals surface area contributed by atoms with E-state index < -0.39 is 17.7 Å². The van der Waals surface area contributed by atoms with E-state index in [1.54, 1.807) is 12.3 Å². The summed E-state index contributed by atoms with van der Waals surface area (Å²) in [4.78, 5) is 24.5. The number of H-pyrrole nitrogens is 1. The molecule has 1 saturated heterocycles. The van der Waals surface area contributed by atoms with E-state index in [4.69, 9.17) is 0 Å². The zero-order valence-electron chi connectivity index (χ0n) is 14.6. The van der Waals surface area contributed by atoms with Crippen LogP contribution in [0.2, 0.25) is 0 Å². The molecule has 1 aliphatic rings. The van der Waals surface area contributed by atoms with Gasteiger partial charge in [-0.1, -0.05) is 18.2 Å². The highest BCUT2D eigenvalue weighted by molar-refractivity contribution is 5.56. The van der Waals surface area contributed by atoms with Crippen molar-refractivity contribution in [3.8, 4) is 11.4 Å². The molecule has 0 saturated carbocycles. The second-order valence-corrected chi connectivity index (χ2v) is 6.71. The number of nitrogens with zero attached hydrogens (tertiary/aromatic N) is 4. The Morgan fingerprint density at radius 3 is 2.96 bits per heavy atom. The molecule has 2 aromatic heterocycles. The van der Waals surface area contributed by atoms with Crippen molar-refractivity contribution in [2.45, 2.75) is 25.4 Å². The third-order valence-electron chi connectivity index (χ3n) is 4.79. The largest absolute Gasteiger partial charge is 0.333 e. The Morgan fingerprint density at radius 1 is 1.30 bits per heavy atom. The summed E-state index contributed by atoms with van der Waals surface area (Å²) < 4.78 is 28.0. The zero-order valence-corrected chi connectivity index (χ0v) is 14.6. The molecule has 0 spiro atoms. The van der Waals surface area contributed by atoms with Crippen molar-refractivity contribution in [2.75, 3.05) is 13.1 Å². The number of rotatable bonds is 5. The number of aromatic nitrogens is 4. The van der Waals surface area contributed by atoms with Gasteiger partial charge in [0.25, 0.3) is 12.0 Å². The average Bonchev–Trinajstić information content (AvgIpc) is 3.33. The predicted molar refractivity (Wildman–Crippen MR) is 96.4 cm³/mol. The Hall–Kier alpha value is -2.87. The van der Waals surface area contributed by atoms with Gasteiger partial charge in [-0.15, -0.1) is 0 Å². The van der Waals surface area contributed by atoms with Crippen LogP contribution in [0.1, 0.15) is 30.1 Å². The number of alkyl halides is 2. The molecule has 1 atom stereocenters. The molecular formula is C19H19F2N5O. The number of halogens is 2. The molecule has 27 heavy (non-hydrogen) atoms. The van der Waals surface area contributed by atoms with Gasteiger partial charge in [-0.3, -0.25) is 9.69 Å². The van der Waals surface area contributed by atoms with Crippen LogP contribution < -0.4 is 5.56 Å². The van der Waals surface area contributed by atoms with Gasteiger partial charge in [0.2, 0.25) is 0 Å². The summed E-state index contributed by atoms with van der Waals surface area (Å²) in [5.74, 6) is 0.164. The second kappa shape index (κ2) is 7.40. The van der Waals surface area contributed by atoms with Crippen molar-refractivity contribution in [2.24, 2.45) is 0 Å². The van der Waals surface area contributed by atoms with Crippen molar-refractivity contribution < 1.29 is 8.78 Å². The molecule has 4 rings (SSSR count). The molecule has 3 heterocycles. The topological polar surface area (TPSA) is 66.8 Å². The van der Waals surface area contributed by atoms with Crippen molar-refractivity contribution >= 4 is 0 Å². The lowest BCUT2D eigenvalue weighted by Crippen LogP contribution is -2.21. The van der Waals surface area contributed by atoms with Crippen molar-refractivity contribution in [3.63, 3.8) is 0 Å². The Labute approximate surface area is 154 Å². The van der Waals surface area contributed by atoms with Gasteiger partial charge in [-0.25, -0.2) is 18.7 Å². The van der Waals surface area contributed by atoms with Gasteiger partial charge in [0, 0.05) is 49.7 Å². The molecule has 1 fully saturated rings. The van der Waals surface area contributed by atoms with E-state index in [9.17, 15) is 13.6 Å². The fourth-order valence-corrected chi connectivity index (χ4v) is 3.48. The van der Waals surface area contributed by atoms with Gasteiger partial charge >= 0.3 is 0 Å². The van der Waals surface area contributed by atoms with E-state index >= 15 is 0 Å². The minimum absolute atomic E-state index is 0.164. The standard InChI is InChI=1S/C19H19F2N5O/c20-18(21)16-9-17(27)24-19(23-16)14-3-1-2-13(8-14)10-25-6-4-15(11-25)26-7-5-22-12-26/h1-3,5,7-9,12,15,18H,4,6,10-11H2,(H,23,24,27). The van der Waals surface area contributed by atoms with Crippen molar-refractivity contribution in [1.82, 2.24) is 24.4 Å². The molecule has 0 amide bonds. The summed E-state index contributed by atoms with van der Waals surface area (Å²) in [5.41, 5.74) is 0.576. The van der Waals surface area contributed by atoms with Gasteiger partial charge in [0.05, 0.1) is 6.33 Å². The quantitative estimate of drug-likeness (QED) is 0.749. The summed E-state index contributed by atoms with van der Waals surface area (Å²) in [6.45, 7) is 2.65. The molecule has 0 radical (unpaired) electrons. The van der Waals surface area contributed by atoms with Crippen LogP contribution >= 0.6 is 0 Å². The third-order valence-corrected chi connectivity index (χ3v) is 4.79. The molecule has 1 aromatic carbocycles. The lowest BCUT2D eigenvalue weighted by Gasteiger charge is -2.17. The van der Waals surface area contributed by atoms with Gasteiger partial charge in [-0.2, -0.15) is 0 Å². The van der Waals surface area contributed by atoms with Crippen molar-refractivity contribution in [1.29, 1.82) is 0 Å². The lowest BCUT2D eigenvalue weighted by molar-refractivity contribution is 0.146.